The van der Waals surface area contributed by atoms with Gasteiger partial charge in [0.05, 0.1) is 23.3 Å². The second kappa shape index (κ2) is 12.0. The molecule has 3 heterocycles. The topological polar surface area (TPSA) is 70.6 Å². The summed E-state index contributed by atoms with van der Waals surface area (Å²) >= 11 is 0. The van der Waals surface area contributed by atoms with Crippen molar-refractivity contribution in [2.45, 2.75) is 44.6 Å². The highest BCUT2D eigenvalue weighted by Crippen LogP contribution is 2.55. The van der Waals surface area contributed by atoms with Gasteiger partial charge in [-0.3, -0.25) is 19.5 Å². The molecule has 0 spiro atoms. The summed E-state index contributed by atoms with van der Waals surface area (Å²) in [5.41, 5.74) is 1.63. The van der Waals surface area contributed by atoms with E-state index in [1.165, 1.54) is 11.1 Å². The van der Waals surface area contributed by atoms with Crippen molar-refractivity contribution in [3.63, 3.8) is 0 Å². The Hall–Kier alpha value is -5.46. The summed E-state index contributed by atoms with van der Waals surface area (Å²) in [7, 11) is 0. The van der Waals surface area contributed by atoms with Crippen LogP contribution in [0.2, 0.25) is 0 Å². The lowest BCUT2D eigenvalue weighted by atomic mass is 9.72. The highest BCUT2D eigenvalue weighted by atomic mass is 19.3. The Kier molecular flexibility index (Phi) is 7.74. The van der Waals surface area contributed by atoms with Gasteiger partial charge in [-0.2, -0.15) is 8.78 Å². The number of benzene rings is 3. The van der Waals surface area contributed by atoms with Crippen molar-refractivity contribution in [1.82, 2.24) is 4.98 Å². The van der Waals surface area contributed by atoms with Crippen molar-refractivity contribution >= 4 is 34.6 Å². The van der Waals surface area contributed by atoms with Crippen LogP contribution in [0.3, 0.4) is 0 Å². The molecule has 3 aliphatic rings. The van der Waals surface area contributed by atoms with Crippen LogP contribution in [0.15, 0.2) is 126 Å². The van der Waals surface area contributed by atoms with Gasteiger partial charge < -0.3 is 4.90 Å². The fourth-order valence-electron chi connectivity index (χ4n) is 7.04. The Labute approximate surface area is 271 Å². The number of hydrogen-bond donors (Lipinski definition) is 0. The molecule has 8 heteroatoms. The number of nitrogens with zero attached hydrogens (tertiary/aromatic N) is 3. The SMILES string of the molecule is Cc1cccc(C2=C3C(=O)N(c4ccccc4)C(C(=O)Cc4ccccn4)C(=C3N3CCCCc4ccccc43)C(F)(F)C2=C=O)c1. The summed E-state index contributed by atoms with van der Waals surface area (Å²) in [6.45, 7) is 2.16. The van der Waals surface area contributed by atoms with E-state index in [1.54, 1.807) is 77.6 Å². The number of aryl methyl sites for hydroxylation is 2. The number of halogens is 2. The van der Waals surface area contributed by atoms with Crippen molar-refractivity contribution in [2.24, 2.45) is 0 Å². The van der Waals surface area contributed by atoms with E-state index in [4.69, 9.17) is 0 Å². The molecule has 2 bridgehead atoms. The maximum absolute atomic E-state index is 17.5. The highest BCUT2D eigenvalue weighted by molar-refractivity contribution is 6.23. The molecule has 0 radical (unpaired) electrons. The van der Waals surface area contributed by atoms with Crippen molar-refractivity contribution in [3.05, 3.63) is 148 Å². The second-order valence-corrected chi connectivity index (χ2v) is 12.0. The van der Waals surface area contributed by atoms with Gasteiger partial charge in [-0.15, -0.1) is 0 Å². The number of carbonyl (C=O) groups is 2. The number of Topliss-reactive ketones (excluding diaryl/α,β-unsaturated/α-hetero) is 1. The summed E-state index contributed by atoms with van der Waals surface area (Å²) in [5.74, 6) is -3.70. The van der Waals surface area contributed by atoms with Crippen molar-refractivity contribution in [2.75, 3.05) is 16.3 Å². The first-order valence-electron chi connectivity index (χ1n) is 15.7. The quantitative estimate of drug-likeness (QED) is 0.218. The van der Waals surface area contributed by atoms with Gasteiger partial charge in [-0.05, 0) is 67.6 Å². The predicted molar refractivity (Wildman–Crippen MR) is 177 cm³/mol. The number of ketones is 1. The zero-order chi connectivity index (χ0) is 32.7. The third kappa shape index (κ3) is 5.11. The lowest BCUT2D eigenvalue weighted by Gasteiger charge is -2.47. The average molecular weight is 628 g/mol. The van der Waals surface area contributed by atoms with Gasteiger partial charge >= 0.3 is 5.92 Å². The number of alkyl halides is 2. The molecule has 1 atom stereocenters. The van der Waals surface area contributed by atoms with Crippen LogP contribution in [0.1, 0.15) is 35.2 Å². The van der Waals surface area contributed by atoms with Gasteiger partial charge in [0.2, 0.25) is 0 Å². The third-order valence-electron chi connectivity index (χ3n) is 9.07. The summed E-state index contributed by atoms with van der Waals surface area (Å²) in [6.07, 6.45) is 3.46. The van der Waals surface area contributed by atoms with Crippen LogP contribution >= 0.6 is 0 Å². The van der Waals surface area contributed by atoms with Gasteiger partial charge in [-0.25, -0.2) is 4.79 Å². The minimum Gasteiger partial charge on any atom is -0.340 e. The highest BCUT2D eigenvalue weighted by Gasteiger charge is 2.60. The van der Waals surface area contributed by atoms with Crippen molar-refractivity contribution in [1.29, 1.82) is 0 Å². The van der Waals surface area contributed by atoms with E-state index in [0.717, 1.165) is 24.0 Å². The monoisotopic (exact) mass is 627 g/mol. The van der Waals surface area contributed by atoms with E-state index in [2.05, 4.69) is 4.98 Å². The minimum atomic E-state index is -3.96. The molecule has 2 aliphatic heterocycles. The molecule has 6 nitrogen and oxygen atoms in total. The summed E-state index contributed by atoms with van der Waals surface area (Å²) in [6, 6.07) is 26.1. The fourth-order valence-corrected chi connectivity index (χ4v) is 7.04. The molecule has 234 valence electrons. The van der Waals surface area contributed by atoms with Gasteiger partial charge in [0.15, 0.2) is 5.78 Å². The van der Waals surface area contributed by atoms with E-state index < -0.39 is 34.8 Å². The molecule has 47 heavy (non-hydrogen) atoms. The fraction of sp³-hybridized carbons (Fsp3) is 0.205. The normalized spacial score (nSPS) is 18.9. The number of carbonyl (C=O) groups excluding carboxylic acids is 3. The number of fused-ring (bicyclic) bond motifs is 2. The Bertz CT molecular complexity index is 2010. The summed E-state index contributed by atoms with van der Waals surface area (Å²) in [4.78, 5) is 49.6. The Balaban J connectivity index is 1.61. The van der Waals surface area contributed by atoms with E-state index in [-0.39, 0.29) is 23.3 Å². The van der Waals surface area contributed by atoms with Gasteiger partial charge in [0.1, 0.15) is 17.6 Å². The van der Waals surface area contributed by atoms with Gasteiger partial charge in [0.25, 0.3) is 5.91 Å². The molecule has 0 saturated carbocycles. The molecule has 1 aliphatic carbocycles. The molecule has 1 aromatic heterocycles. The molecule has 3 aromatic carbocycles. The molecule has 0 fully saturated rings. The number of para-hydroxylation sites is 2. The molecule has 7 rings (SSSR count). The van der Waals surface area contributed by atoms with Gasteiger partial charge in [0, 0.05) is 35.4 Å². The van der Waals surface area contributed by atoms with E-state index in [9.17, 15) is 9.59 Å². The Morgan fingerprint density at radius 1 is 0.936 bits per heavy atom. The summed E-state index contributed by atoms with van der Waals surface area (Å²) < 4.78 is 35.0. The molecule has 1 amide bonds. The Morgan fingerprint density at radius 2 is 1.70 bits per heavy atom. The van der Waals surface area contributed by atoms with Crippen LogP contribution in [0.4, 0.5) is 20.2 Å². The van der Waals surface area contributed by atoms with Crippen LogP contribution in [0, 0.1) is 6.92 Å². The van der Waals surface area contributed by atoms with E-state index in [0.29, 0.717) is 35.6 Å². The largest absolute Gasteiger partial charge is 0.340 e. The number of amides is 1. The van der Waals surface area contributed by atoms with Crippen LogP contribution in [0.25, 0.3) is 5.57 Å². The van der Waals surface area contributed by atoms with E-state index >= 15 is 13.6 Å². The molecular weight excluding hydrogens is 596 g/mol. The molecule has 1 unspecified atom stereocenters. The second-order valence-electron chi connectivity index (χ2n) is 12.0. The van der Waals surface area contributed by atoms with Gasteiger partial charge in [-0.1, -0.05) is 72.3 Å². The number of allylic oxidation sites excluding steroid dienone is 2. The smallest absolute Gasteiger partial charge is 0.310 e. The lowest BCUT2D eigenvalue weighted by molar-refractivity contribution is -0.123. The average Bonchev–Trinajstić information content (AvgIpc) is 3.30. The first kappa shape index (κ1) is 30.2. The number of rotatable bonds is 6. The number of hydrogen-bond acceptors (Lipinski definition) is 5. The molecular formula is C39H31F2N3O3. The van der Waals surface area contributed by atoms with Crippen molar-refractivity contribution < 1.29 is 23.2 Å². The molecule has 4 aromatic rings. The third-order valence-corrected chi connectivity index (χ3v) is 9.07. The Morgan fingerprint density at radius 3 is 2.45 bits per heavy atom. The van der Waals surface area contributed by atoms with Crippen LogP contribution < -0.4 is 9.80 Å². The maximum atomic E-state index is 17.5. The number of aromatic nitrogens is 1. The van der Waals surface area contributed by atoms with Crippen LogP contribution in [-0.2, 0) is 27.2 Å². The standard InChI is InChI=1S/C39H31F2N3O3/c1-25-12-11-15-27(22-25)33-30(24-45)39(40,41)35-36(32(46)23-28-16-7-9-20-42-28)44(29-17-3-2-4-18-29)38(47)34(33)37(35)43-21-10-8-14-26-13-5-6-19-31(26)43/h2-7,9,11-13,15-20,22,36H,8,10,14,21,23H2,1H3. The van der Waals surface area contributed by atoms with Crippen LogP contribution in [-0.4, -0.2) is 41.1 Å². The number of pyridine rings is 1. The summed E-state index contributed by atoms with van der Waals surface area (Å²) in [5, 5.41) is 0. The zero-order valence-electron chi connectivity index (χ0n) is 25.8. The van der Waals surface area contributed by atoms with Crippen LogP contribution in [0.5, 0.6) is 0 Å². The maximum Gasteiger partial charge on any atom is 0.310 e. The number of anilines is 2. The lowest BCUT2D eigenvalue weighted by Crippen LogP contribution is -2.59. The minimum absolute atomic E-state index is 0.0172. The molecule has 0 N–H and O–H groups in total. The predicted octanol–water partition coefficient (Wildman–Crippen LogP) is 6.87. The first-order chi connectivity index (χ1) is 22.8. The first-order valence-corrected chi connectivity index (χ1v) is 15.7. The molecule has 0 saturated heterocycles. The van der Waals surface area contributed by atoms with Crippen molar-refractivity contribution in [3.8, 4) is 0 Å². The van der Waals surface area contributed by atoms with E-state index in [1.807, 2.05) is 37.3 Å². The zero-order valence-corrected chi connectivity index (χ0v) is 25.8.